The fourth-order valence-corrected chi connectivity index (χ4v) is 4.94. The number of thiocarbonyl (C=S) groups is 1. The smallest absolute Gasteiger partial charge is 0.267 e. The number of anilines is 1. The van der Waals surface area contributed by atoms with Crippen molar-refractivity contribution in [2.75, 3.05) is 23.7 Å². The number of hydrogen-bond acceptors (Lipinski definition) is 6. The summed E-state index contributed by atoms with van der Waals surface area (Å²) in [6.07, 6.45) is 1.59. The van der Waals surface area contributed by atoms with Crippen LogP contribution in [0, 0.1) is 0 Å². The largest absolute Gasteiger partial charge is 0.304 e. The first-order valence-corrected chi connectivity index (χ1v) is 11.2. The fourth-order valence-electron chi connectivity index (χ4n) is 2.78. The molecule has 0 aromatic heterocycles. The summed E-state index contributed by atoms with van der Waals surface area (Å²) in [4.78, 5) is 28.5. The molecule has 7 nitrogen and oxygen atoms in total. The standard InChI is InChI=1S/C16H13BrN2O5S3/c1-2-5-18-11-4-3-9(17)8-10(11)12(14(18)20)13-15(21)19(16(25)26-13)6-7-27(22,23)24/h2-4,8H,1,5-7H2,(H,22,23,24). The van der Waals surface area contributed by atoms with Crippen LogP contribution in [-0.2, 0) is 19.7 Å². The van der Waals surface area contributed by atoms with Crippen LogP contribution in [0.1, 0.15) is 5.56 Å². The molecule has 1 fully saturated rings. The number of halogens is 1. The van der Waals surface area contributed by atoms with Crippen LogP contribution in [0.4, 0.5) is 5.69 Å². The average Bonchev–Trinajstić information content (AvgIpc) is 2.99. The monoisotopic (exact) mass is 488 g/mol. The first-order valence-electron chi connectivity index (χ1n) is 7.60. The summed E-state index contributed by atoms with van der Waals surface area (Å²) in [5.74, 6) is -1.54. The van der Waals surface area contributed by atoms with E-state index in [0.29, 0.717) is 11.3 Å². The SMILES string of the molecule is C=CCN1C(=O)C(=C2SC(=S)N(CCS(=O)(=O)O)C2=O)c2cc(Br)ccc21. The normalized spacial score (nSPS) is 19.9. The molecular formula is C16H13BrN2O5S3. The molecule has 1 N–H and O–H groups in total. The van der Waals surface area contributed by atoms with Crippen LogP contribution >= 0.6 is 39.9 Å². The Morgan fingerprint density at radius 3 is 2.59 bits per heavy atom. The molecule has 0 atom stereocenters. The zero-order chi connectivity index (χ0) is 19.9. The van der Waals surface area contributed by atoms with Gasteiger partial charge in [-0.15, -0.1) is 6.58 Å². The molecule has 1 saturated heterocycles. The quantitative estimate of drug-likeness (QED) is 0.294. The van der Waals surface area contributed by atoms with Crippen molar-refractivity contribution in [3.63, 3.8) is 0 Å². The molecule has 0 radical (unpaired) electrons. The highest BCUT2D eigenvalue weighted by Gasteiger charge is 2.42. The van der Waals surface area contributed by atoms with Gasteiger partial charge in [0.05, 0.1) is 21.9 Å². The van der Waals surface area contributed by atoms with E-state index >= 15 is 0 Å². The number of rotatable bonds is 5. The third-order valence-electron chi connectivity index (χ3n) is 3.94. The Morgan fingerprint density at radius 2 is 1.96 bits per heavy atom. The second-order valence-electron chi connectivity index (χ2n) is 5.68. The molecule has 142 valence electrons. The number of hydrogen-bond donors (Lipinski definition) is 1. The van der Waals surface area contributed by atoms with Crippen molar-refractivity contribution >= 4 is 77.4 Å². The Morgan fingerprint density at radius 1 is 1.26 bits per heavy atom. The predicted molar refractivity (Wildman–Crippen MR) is 112 cm³/mol. The molecule has 3 rings (SSSR count). The van der Waals surface area contributed by atoms with E-state index in [9.17, 15) is 18.0 Å². The Hall–Kier alpha value is -1.53. The first-order chi connectivity index (χ1) is 12.6. The Balaban J connectivity index is 2.06. The molecule has 2 aliphatic heterocycles. The van der Waals surface area contributed by atoms with Crippen molar-refractivity contribution in [1.82, 2.24) is 4.90 Å². The summed E-state index contributed by atoms with van der Waals surface area (Å²) in [7, 11) is -4.25. The van der Waals surface area contributed by atoms with Crippen molar-refractivity contribution in [3.05, 3.63) is 45.8 Å². The van der Waals surface area contributed by atoms with Gasteiger partial charge in [-0.2, -0.15) is 8.42 Å². The van der Waals surface area contributed by atoms with Gasteiger partial charge in [0.15, 0.2) is 0 Å². The van der Waals surface area contributed by atoms with Gasteiger partial charge in [0, 0.05) is 23.1 Å². The molecule has 0 bridgehead atoms. The van der Waals surface area contributed by atoms with E-state index < -0.39 is 21.8 Å². The molecule has 27 heavy (non-hydrogen) atoms. The van der Waals surface area contributed by atoms with Gasteiger partial charge in [0.25, 0.3) is 21.9 Å². The number of fused-ring (bicyclic) bond motifs is 1. The lowest BCUT2D eigenvalue weighted by Gasteiger charge is -2.14. The number of carbonyl (C=O) groups is 2. The lowest BCUT2D eigenvalue weighted by atomic mass is 10.1. The molecule has 0 unspecified atom stereocenters. The molecule has 0 aliphatic carbocycles. The van der Waals surface area contributed by atoms with Crippen molar-refractivity contribution in [3.8, 4) is 0 Å². The van der Waals surface area contributed by atoms with Crippen molar-refractivity contribution in [2.24, 2.45) is 0 Å². The molecule has 2 aliphatic rings. The maximum Gasteiger partial charge on any atom is 0.267 e. The van der Waals surface area contributed by atoms with Gasteiger partial charge < -0.3 is 4.90 Å². The van der Waals surface area contributed by atoms with Gasteiger partial charge in [-0.1, -0.05) is 46.0 Å². The maximum absolute atomic E-state index is 13.0. The number of carbonyl (C=O) groups excluding carboxylic acids is 2. The van der Waals surface area contributed by atoms with E-state index in [0.717, 1.165) is 21.1 Å². The lowest BCUT2D eigenvalue weighted by Crippen LogP contribution is -2.33. The highest BCUT2D eigenvalue weighted by atomic mass is 79.9. The lowest BCUT2D eigenvalue weighted by molar-refractivity contribution is -0.122. The molecule has 0 saturated carbocycles. The minimum absolute atomic E-state index is 0.137. The summed E-state index contributed by atoms with van der Waals surface area (Å²) in [5, 5.41) is 0. The number of nitrogens with zero attached hydrogens (tertiary/aromatic N) is 2. The van der Waals surface area contributed by atoms with Gasteiger partial charge in [-0.25, -0.2) is 0 Å². The van der Waals surface area contributed by atoms with Crippen LogP contribution in [0.5, 0.6) is 0 Å². The molecule has 2 heterocycles. The topological polar surface area (TPSA) is 95.0 Å². The van der Waals surface area contributed by atoms with Crippen LogP contribution in [-0.4, -0.2) is 52.8 Å². The molecule has 1 aromatic carbocycles. The second kappa shape index (κ2) is 7.47. The van der Waals surface area contributed by atoms with E-state index in [4.69, 9.17) is 16.8 Å². The van der Waals surface area contributed by atoms with E-state index in [2.05, 4.69) is 22.5 Å². The second-order valence-corrected chi connectivity index (χ2v) is 9.81. The minimum atomic E-state index is -4.25. The van der Waals surface area contributed by atoms with Crippen LogP contribution in [0.25, 0.3) is 5.57 Å². The molecule has 2 amide bonds. The van der Waals surface area contributed by atoms with Crippen LogP contribution in [0.3, 0.4) is 0 Å². The van der Waals surface area contributed by atoms with Crippen LogP contribution < -0.4 is 4.90 Å². The summed E-state index contributed by atoms with van der Waals surface area (Å²) < 4.78 is 31.8. The summed E-state index contributed by atoms with van der Waals surface area (Å²) >= 11 is 9.48. The average molecular weight is 489 g/mol. The van der Waals surface area contributed by atoms with E-state index in [-0.39, 0.29) is 33.8 Å². The van der Waals surface area contributed by atoms with Crippen LogP contribution in [0.15, 0.2) is 40.2 Å². The summed E-state index contributed by atoms with van der Waals surface area (Å²) in [6.45, 7) is 3.65. The van der Waals surface area contributed by atoms with Crippen molar-refractivity contribution in [1.29, 1.82) is 0 Å². The van der Waals surface area contributed by atoms with Gasteiger partial charge >= 0.3 is 0 Å². The third kappa shape index (κ3) is 3.87. The van der Waals surface area contributed by atoms with Gasteiger partial charge in [-0.05, 0) is 18.2 Å². The van der Waals surface area contributed by atoms with Gasteiger partial charge in [-0.3, -0.25) is 19.0 Å². The van der Waals surface area contributed by atoms with Crippen molar-refractivity contribution in [2.45, 2.75) is 0 Å². The zero-order valence-corrected chi connectivity index (χ0v) is 17.8. The third-order valence-corrected chi connectivity index (χ3v) is 6.58. The highest BCUT2D eigenvalue weighted by Crippen LogP contribution is 2.45. The minimum Gasteiger partial charge on any atom is -0.304 e. The highest BCUT2D eigenvalue weighted by molar-refractivity contribution is 9.10. The molecule has 1 aromatic rings. The fraction of sp³-hybridized carbons (Fsp3) is 0.188. The predicted octanol–water partition coefficient (Wildman–Crippen LogP) is 2.44. The summed E-state index contributed by atoms with van der Waals surface area (Å²) in [5.41, 5.74) is 1.47. The number of benzene rings is 1. The van der Waals surface area contributed by atoms with E-state index in [1.54, 1.807) is 24.3 Å². The van der Waals surface area contributed by atoms with E-state index in [1.807, 2.05) is 0 Å². The Kier molecular flexibility index (Phi) is 5.59. The van der Waals surface area contributed by atoms with Gasteiger partial charge in [0.2, 0.25) is 0 Å². The maximum atomic E-state index is 13.0. The summed E-state index contributed by atoms with van der Waals surface area (Å²) in [6, 6.07) is 5.31. The van der Waals surface area contributed by atoms with Gasteiger partial charge in [0.1, 0.15) is 4.32 Å². The van der Waals surface area contributed by atoms with Crippen molar-refractivity contribution < 1.29 is 22.6 Å². The first kappa shape index (κ1) is 20.2. The number of amides is 2. The number of thioether (sulfide) groups is 1. The Bertz CT molecular complexity index is 1020. The van der Waals surface area contributed by atoms with Crippen LogP contribution in [0.2, 0.25) is 0 Å². The molecule has 11 heteroatoms. The molecule has 0 spiro atoms. The molecular weight excluding hydrogens is 476 g/mol. The van der Waals surface area contributed by atoms with E-state index in [1.165, 1.54) is 4.90 Å². The zero-order valence-electron chi connectivity index (χ0n) is 13.7. The Labute approximate surface area is 174 Å².